The highest BCUT2D eigenvalue weighted by Crippen LogP contribution is 2.15. The summed E-state index contributed by atoms with van der Waals surface area (Å²) in [7, 11) is 1.95. The Kier molecular flexibility index (Phi) is 4.05. The number of likely N-dealkylation sites (N-methyl/N-ethyl adjacent to an activating group) is 1. The van der Waals surface area contributed by atoms with Crippen LogP contribution in [0.3, 0.4) is 0 Å². The Morgan fingerprint density at radius 1 is 1.00 bits per heavy atom. The summed E-state index contributed by atoms with van der Waals surface area (Å²) in [6, 6.07) is 8.76. The number of aryl methyl sites for hydroxylation is 2. The Morgan fingerprint density at radius 2 is 1.61 bits per heavy atom. The molecule has 0 radical (unpaired) electrons. The summed E-state index contributed by atoms with van der Waals surface area (Å²) in [6.45, 7) is 4.10. The smallest absolute Gasteiger partial charge is 0.145 e. The van der Waals surface area contributed by atoms with Crippen molar-refractivity contribution in [3.8, 4) is 0 Å². The van der Waals surface area contributed by atoms with E-state index in [1.165, 1.54) is 11.1 Å². The summed E-state index contributed by atoms with van der Waals surface area (Å²) >= 11 is 0. The van der Waals surface area contributed by atoms with E-state index in [1.807, 2.05) is 26.4 Å². The van der Waals surface area contributed by atoms with Crippen LogP contribution in [0.15, 0.2) is 36.7 Å². The minimum absolute atomic E-state index is 0.160. The molecule has 1 aromatic carbocycles. The van der Waals surface area contributed by atoms with Gasteiger partial charge in [-0.3, -0.25) is 0 Å². The van der Waals surface area contributed by atoms with Gasteiger partial charge in [0.25, 0.3) is 0 Å². The zero-order valence-electron chi connectivity index (χ0n) is 11.1. The van der Waals surface area contributed by atoms with Crippen LogP contribution in [0.4, 0.5) is 0 Å². The van der Waals surface area contributed by atoms with E-state index in [1.54, 1.807) is 0 Å². The topological polar surface area (TPSA) is 37.8 Å². The van der Waals surface area contributed by atoms with Crippen molar-refractivity contribution in [1.82, 2.24) is 15.3 Å². The van der Waals surface area contributed by atoms with Gasteiger partial charge in [0, 0.05) is 12.4 Å². The Hall–Kier alpha value is -1.74. The van der Waals surface area contributed by atoms with Crippen LogP contribution in [0.1, 0.15) is 28.6 Å². The molecule has 3 heteroatoms. The molecule has 0 fully saturated rings. The molecule has 18 heavy (non-hydrogen) atoms. The molecule has 0 amide bonds. The molecule has 1 heterocycles. The van der Waals surface area contributed by atoms with Crippen LogP contribution in [-0.4, -0.2) is 17.0 Å². The fourth-order valence-corrected chi connectivity index (χ4v) is 1.86. The van der Waals surface area contributed by atoms with E-state index in [-0.39, 0.29) is 6.04 Å². The summed E-state index contributed by atoms with van der Waals surface area (Å²) in [5, 5.41) is 3.28. The Bertz CT molecular complexity index is 488. The van der Waals surface area contributed by atoms with Crippen LogP contribution in [-0.2, 0) is 6.42 Å². The van der Waals surface area contributed by atoms with E-state index >= 15 is 0 Å². The number of aromatic nitrogens is 2. The molecule has 0 saturated heterocycles. The van der Waals surface area contributed by atoms with Crippen LogP contribution >= 0.6 is 0 Å². The van der Waals surface area contributed by atoms with E-state index in [0.29, 0.717) is 0 Å². The highest BCUT2D eigenvalue weighted by atomic mass is 15.0. The van der Waals surface area contributed by atoms with Crippen LogP contribution in [0.25, 0.3) is 0 Å². The summed E-state index contributed by atoms with van der Waals surface area (Å²) in [5.41, 5.74) is 3.67. The van der Waals surface area contributed by atoms with Crippen molar-refractivity contribution in [3.63, 3.8) is 0 Å². The highest BCUT2D eigenvalue weighted by molar-refractivity contribution is 5.23. The lowest BCUT2D eigenvalue weighted by molar-refractivity contribution is 0.556. The van der Waals surface area contributed by atoms with Crippen molar-refractivity contribution >= 4 is 0 Å². The molecule has 0 saturated carbocycles. The lowest BCUT2D eigenvalue weighted by Crippen LogP contribution is -2.21. The zero-order valence-corrected chi connectivity index (χ0v) is 11.1. The maximum absolute atomic E-state index is 4.39. The third-order valence-electron chi connectivity index (χ3n) is 3.02. The van der Waals surface area contributed by atoms with Crippen molar-refractivity contribution in [2.24, 2.45) is 0 Å². The molecule has 1 atom stereocenters. The fourth-order valence-electron chi connectivity index (χ4n) is 1.86. The SMILES string of the molecule is CNC(Cc1ccc(C)cc1)c1ncc(C)cn1. The van der Waals surface area contributed by atoms with Crippen LogP contribution in [0.2, 0.25) is 0 Å². The molecular formula is C15H19N3. The first kappa shape index (κ1) is 12.7. The van der Waals surface area contributed by atoms with Gasteiger partial charge >= 0.3 is 0 Å². The van der Waals surface area contributed by atoms with Gasteiger partial charge in [-0.15, -0.1) is 0 Å². The third kappa shape index (κ3) is 3.14. The van der Waals surface area contributed by atoms with Crippen LogP contribution in [0.5, 0.6) is 0 Å². The van der Waals surface area contributed by atoms with E-state index in [2.05, 4.69) is 46.5 Å². The lowest BCUT2D eigenvalue weighted by Gasteiger charge is -2.14. The maximum atomic E-state index is 4.39. The summed E-state index contributed by atoms with van der Waals surface area (Å²) in [5.74, 6) is 0.851. The van der Waals surface area contributed by atoms with Crippen molar-refractivity contribution < 1.29 is 0 Å². The van der Waals surface area contributed by atoms with Gasteiger partial charge < -0.3 is 5.32 Å². The van der Waals surface area contributed by atoms with Gasteiger partial charge in [-0.2, -0.15) is 0 Å². The molecule has 3 nitrogen and oxygen atoms in total. The third-order valence-corrected chi connectivity index (χ3v) is 3.02. The average Bonchev–Trinajstić information content (AvgIpc) is 2.39. The summed E-state index contributed by atoms with van der Waals surface area (Å²) < 4.78 is 0. The van der Waals surface area contributed by atoms with Crippen LogP contribution < -0.4 is 5.32 Å². The van der Waals surface area contributed by atoms with E-state index in [0.717, 1.165) is 17.8 Å². The molecule has 94 valence electrons. The molecular weight excluding hydrogens is 222 g/mol. The molecule has 1 aromatic heterocycles. The molecule has 0 spiro atoms. The number of nitrogens with zero attached hydrogens (tertiary/aromatic N) is 2. The van der Waals surface area contributed by atoms with Gasteiger partial charge in [-0.05, 0) is 38.4 Å². The Labute approximate surface area is 108 Å². The normalized spacial score (nSPS) is 12.4. The first-order valence-corrected chi connectivity index (χ1v) is 6.20. The number of rotatable bonds is 4. The molecule has 0 aliphatic heterocycles. The minimum atomic E-state index is 0.160. The Morgan fingerprint density at radius 3 is 2.17 bits per heavy atom. The van der Waals surface area contributed by atoms with Crippen molar-refractivity contribution in [1.29, 1.82) is 0 Å². The Balaban J connectivity index is 2.14. The zero-order chi connectivity index (χ0) is 13.0. The van der Waals surface area contributed by atoms with E-state index in [4.69, 9.17) is 0 Å². The van der Waals surface area contributed by atoms with Gasteiger partial charge in [0.05, 0.1) is 6.04 Å². The van der Waals surface area contributed by atoms with Gasteiger partial charge in [0.2, 0.25) is 0 Å². The van der Waals surface area contributed by atoms with Crippen molar-refractivity contribution in [2.45, 2.75) is 26.3 Å². The number of hydrogen-bond donors (Lipinski definition) is 1. The quantitative estimate of drug-likeness (QED) is 0.894. The average molecular weight is 241 g/mol. The van der Waals surface area contributed by atoms with E-state index in [9.17, 15) is 0 Å². The number of hydrogen-bond acceptors (Lipinski definition) is 3. The lowest BCUT2D eigenvalue weighted by atomic mass is 10.0. The second-order valence-corrected chi connectivity index (χ2v) is 4.65. The second-order valence-electron chi connectivity index (χ2n) is 4.65. The number of nitrogens with one attached hydrogen (secondary N) is 1. The van der Waals surface area contributed by atoms with Gasteiger partial charge in [0.1, 0.15) is 5.82 Å². The number of benzene rings is 1. The van der Waals surface area contributed by atoms with Crippen molar-refractivity contribution in [2.75, 3.05) is 7.05 Å². The molecule has 1 unspecified atom stereocenters. The monoisotopic (exact) mass is 241 g/mol. The molecule has 1 N–H and O–H groups in total. The van der Waals surface area contributed by atoms with Crippen LogP contribution in [0, 0.1) is 13.8 Å². The predicted molar refractivity (Wildman–Crippen MR) is 73.5 cm³/mol. The largest absolute Gasteiger partial charge is 0.310 e. The summed E-state index contributed by atoms with van der Waals surface area (Å²) in [4.78, 5) is 8.78. The molecule has 2 aromatic rings. The predicted octanol–water partition coefficient (Wildman–Crippen LogP) is 2.60. The van der Waals surface area contributed by atoms with E-state index < -0.39 is 0 Å². The van der Waals surface area contributed by atoms with Gasteiger partial charge in [-0.1, -0.05) is 29.8 Å². The first-order chi connectivity index (χ1) is 8.69. The second kappa shape index (κ2) is 5.74. The standard InChI is InChI=1S/C15H19N3/c1-11-4-6-13(7-5-11)8-14(16-3)15-17-9-12(2)10-18-15/h4-7,9-10,14,16H,8H2,1-3H3. The molecule has 0 aliphatic rings. The van der Waals surface area contributed by atoms with Gasteiger partial charge in [-0.25, -0.2) is 9.97 Å². The molecule has 0 bridgehead atoms. The van der Waals surface area contributed by atoms with Crippen molar-refractivity contribution in [3.05, 3.63) is 59.2 Å². The molecule has 0 aliphatic carbocycles. The molecule has 2 rings (SSSR count). The van der Waals surface area contributed by atoms with Gasteiger partial charge in [0.15, 0.2) is 0 Å². The fraction of sp³-hybridized carbons (Fsp3) is 0.333. The summed E-state index contributed by atoms with van der Waals surface area (Å²) in [6.07, 6.45) is 4.63. The first-order valence-electron chi connectivity index (χ1n) is 6.20. The maximum Gasteiger partial charge on any atom is 0.145 e. The highest BCUT2D eigenvalue weighted by Gasteiger charge is 2.12. The minimum Gasteiger partial charge on any atom is -0.310 e.